The van der Waals surface area contributed by atoms with Crippen LogP contribution in [0.3, 0.4) is 0 Å². The van der Waals surface area contributed by atoms with Crippen LogP contribution in [-0.4, -0.2) is 12.6 Å². The molecule has 1 fully saturated rings. The summed E-state index contributed by atoms with van der Waals surface area (Å²) in [5.74, 6) is 1.90. The molecule has 0 bridgehead atoms. The Bertz CT molecular complexity index is 117. The van der Waals surface area contributed by atoms with E-state index in [1.54, 1.807) is 0 Å². The average Bonchev–Trinajstić information content (AvgIpc) is 2.06. The SMILES string of the molecule is CCNC1CCC(C(C)C)CC1.[HH]. The molecule has 0 unspecified atom stereocenters. The molecular formula is C11H25N. The fourth-order valence-electron chi connectivity index (χ4n) is 2.28. The minimum absolute atomic E-state index is 0. The molecule has 0 aromatic rings. The maximum atomic E-state index is 3.54. The van der Waals surface area contributed by atoms with Crippen LogP contribution in [0.5, 0.6) is 0 Å². The Kier molecular flexibility index (Phi) is 4.07. The van der Waals surface area contributed by atoms with Gasteiger partial charge in [-0.05, 0) is 44.1 Å². The van der Waals surface area contributed by atoms with Gasteiger partial charge in [-0.3, -0.25) is 0 Å². The summed E-state index contributed by atoms with van der Waals surface area (Å²) >= 11 is 0. The van der Waals surface area contributed by atoms with Crippen molar-refractivity contribution in [1.29, 1.82) is 0 Å². The van der Waals surface area contributed by atoms with Gasteiger partial charge in [0.05, 0.1) is 0 Å². The first-order chi connectivity index (χ1) is 5.74. The first-order valence-electron chi connectivity index (χ1n) is 5.47. The van der Waals surface area contributed by atoms with Gasteiger partial charge in [0.2, 0.25) is 0 Å². The summed E-state index contributed by atoms with van der Waals surface area (Å²) in [7, 11) is 0. The van der Waals surface area contributed by atoms with E-state index in [9.17, 15) is 0 Å². The molecule has 0 amide bonds. The van der Waals surface area contributed by atoms with Gasteiger partial charge in [-0.2, -0.15) is 0 Å². The lowest BCUT2D eigenvalue weighted by atomic mass is 9.80. The van der Waals surface area contributed by atoms with Crippen molar-refractivity contribution in [2.45, 2.75) is 52.5 Å². The number of rotatable bonds is 3. The topological polar surface area (TPSA) is 12.0 Å². The van der Waals surface area contributed by atoms with Gasteiger partial charge in [-0.1, -0.05) is 20.8 Å². The molecule has 1 aliphatic rings. The zero-order chi connectivity index (χ0) is 8.97. The normalized spacial score (nSPS) is 31.0. The molecule has 0 aromatic heterocycles. The predicted octanol–water partition coefficient (Wildman–Crippen LogP) is 3.06. The molecule has 1 rings (SSSR count). The Balaban J connectivity index is 0.00000144. The minimum Gasteiger partial charge on any atom is -0.314 e. The van der Waals surface area contributed by atoms with E-state index >= 15 is 0 Å². The lowest BCUT2D eigenvalue weighted by molar-refractivity contribution is 0.240. The lowest BCUT2D eigenvalue weighted by Gasteiger charge is -2.31. The Morgan fingerprint density at radius 3 is 2.25 bits per heavy atom. The lowest BCUT2D eigenvalue weighted by Crippen LogP contribution is -2.33. The quantitative estimate of drug-likeness (QED) is 0.688. The maximum Gasteiger partial charge on any atom is 0.00671 e. The van der Waals surface area contributed by atoms with E-state index in [4.69, 9.17) is 0 Å². The van der Waals surface area contributed by atoms with Crippen molar-refractivity contribution in [3.63, 3.8) is 0 Å². The molecule has 1 aliphatic carbocycles. The molecule has 0 spiro atoms. The highest BCUT2D eigenvalue weighted by atomic mass is 14.9. The zero-order valence-electron chi connectivity index (χ0n) is 8.77. The van der Waals surface area contributed by atoms with Crippen LogP contribution < -0.4 is 5.32 Å². The Labute approximate surface area is 78.4 Å². The van der Waals surface area contributed by atoms with Gasteiger partial charge < -0.3 is 5.32 Å². The van der Waals surface area contributed by atoms with Crippen LogP contribution in [-0.2, 0) is 0 Å². The molecule has 1 nitrogen and oxygen atoms in total. The molecule has 1 saturated carbocycles. The smallest absolute Gasteiger partial charge is 0.00671 e. The highest BCUT2D eigenvalue weighted by Crippen LogP contribution is 2.29. The van der Waals surface area contributed by atoms with Gasteiger partial charge in [0.25, 0.3) is 0 Å². The van der Waals surface area contributed by atoms with Crippen LogP contribution in [0.2, 0.25) is 0 Å². The Morgan fingerprint density at radius 1 is 1.25 bits per heavy atom. The van der Waals surface area contributed by atoms with Crippen molar-refractivity contribution in [2.75, 3.05) is 6.54 Å². The van der Waals surface area contributed by atoms with E-state index in [0.717, 1.165) is 24.4 Å². The van der Waals surface area contributed by atoms with Crippen molar-refractivity contribution in [3.05, 3.63) is 0 Å². The van der Waals surface area contributed by atoms with Gasteiger partial charge in [-0.15, -0.1) is 0 Å². The van der Waals surface area contributed by atoms with Crippen LogP contribution in [0.4, 0.5) is 0 Å². The molecule has 1 heteroatoms. The van der Waals surface area contributed by atoms with Gasteiger partial charge in [0.15, 0.2) is 0 Å². The van der Waals surface area contributed by atoms with E-state index in [1.807, 2.05) is 0 Å². The van der Waals surface area contributed by atoms with Gasteiger partial charge >= 0.3 is 0 Å². The standard InChI is InChI=1S/C11H23N.H2/c1-4-12-11-7-5-10(6-8-11)9(2)3;/h9-12H,4-8H2,1-3H3;1H. The third-order valence-electron chi connectivity index (χ3n) is 3.21. The summed E-state index contributed by atoms with van der Waals surface area (Å²) in [6.45, 7) is 8.06. The van der Waals surface area contributed by atoms with Crippen molar-refractivity contribution in [2.24, 2.45) is 11.8 Å². The summed E-state index contributed by atoms with van der Waals surface area (Å²) in [5, 5.41) is 3.54. The first kappa shape index (κ1) is 10.0. The third-order valence-corrected chi connectivity index (χ3v) is 3.21. The predicted molar refractivity (Wildman–Crippen MR) is 56.4 cm³/mol. The van der Waals surface area contributed by atoms with Crippen LogP contribution in [0.1, 0.15) is 47.9 Å². The van der Waals surface area contributed by atoms with E-state index in [0.29, 0.717) is 0 Å². The van der Waals surface area contributed by atoms with Crippen molar-refractivity contribution >= 4 is 0 Å². The summed E-state index contributed by atoms with van der Waals surface area (Å²) in [4.78, 5) is 0. The fraction of sp³-hybridized carbons (Fsp3) is 1.00. The third kappa shape index (κ3) is 2.78. The molecule has 0 aliphatic heterocycles. The van der Waals surface area contributed by atoms with Crippen molar-refractivity contribution < 1.29 is 1.43 Å². The van der Waals surface area contributed by atoms with Gasteiger partial charge in [-0.25, -0.2) is 0 Å². The molecule has 0 heterocycles. The Hall–Kier alpha value is -0.0400. The molecule has 1 N–H and O–H groups in total. The van der Waals surface area contributed by atoms with Crippen LogP contribution >= 0.6 is 0 Å². The second-order valence-corrected chi connectivity index (χ2v) is 4.41. The molecular weight excluding hydrogens is 146 g/mol. The summed E-state index contributed by atoms with van der Waals surface area (Å²) < 4.78 is 0. The molecule has 0 saturated heterocycles. The minimum atomic E-state index is 0. The number of hydrogen-bond acceptors (Lipinski definition) is 1. The second-order valence-electron chi connectivity index (χ2n) is 4.41. The highest BCUT2D eigenvalue weighted by Gasteiger charge is 2.22. The molecule has 0 radical (unpaired) electrons. The average molecular weight is 171 g/mol. The zero-order valence-corrected chi connectivity index (χ0v) is 8.77. The highest BCUT2D eigenvalue weighted by molar-refractivity contribution is 4.77. The van der Waals surface area contributed by atoms with Gasteiger partial charge in [0.1, 0.15) is 0 Å². The monoisotopic (exact) mass is 171 g/mol. The van der Waals surface area contributed by atoms with Crippen molar-refractivity contribution in [1.82, 2.24) is 5.32 Å². The van der Waals surface area contributed by atoms with Gasteiger partial charge in [0, 0.05) is 7.47 Å². The molecule has 0 atom stereocenters. The van der Waals surface area contributed by atoms with E-state index < -0.39 is 0 Å². The summed E-state index contributed by atoms with van der Waals surface area (Å²) in [6.07, 6.45) is 5.68. The van der Waals surface area contributed by atoms with Crippen LogP contribution in [0.15, 0.2) is 0 Å². The maximum absolute atomic E-state index is 3.54. The Morgan fingerprint density at radius 2 is 1.83 bits per heavy atom. The number of hydrogen-bond donors (Lipinski definition) is 1. The largest absolute Gasteiger partial charge is 0.314 e. The summed E-state index contributed by atoms with van der Waals surface area (Å²) in [5.41, 5.74) is 0. The van der Waals surface area contributed by atoms with E-state index in [-0.39, 0.29) is 1.43 Å². The van der Waals surface area contributed by atoms with Crippen molar-refractivity contribution in [3.8, 4) is 0 Å². The number of nitrogens with one attached hydrogen (secondary N) is 1. The van der Waals surface area contributed by atoms with Crippen LogP contribution in [0.25, 0.3) is 0 Å². The van der Waals surface area contributed by atoms with Crippen LogP contribution in [0, 0.1) is 11.8 Å². The molecule has 12 heavy (non-hydrogen) atoms. The first-order valence-corrected chi connectivity index (χ1v) is 5.47. The van der Waals surface area contributed by atoms with E-state index in [2.05, 4.69) is 26.1 Å². The molecule has 0 aromatic carbocycles. The summed E-state index contributed by atoms with van der Waals surface area (Å²) in [6, 6.07) is 0.824. The van der Waals surface area contributed by atoms with E-state index in [1.165, 1.54) is 25.7 Å². The fourth-order valence-corrected chi connectivity index (χ4v) is 2.28. The second kappa shape index (κ2) is 4.86. The molecule has 74 valence electrons.